The van der Waals surface area contributed by atoms with E-state index in [0.29, 0.717) is 0 Å². The molecule has 68 valence electrons. The first kappa shape index (κ1) is 9.71. The van der Waals surface area contributed by atoms with Crippen molar-refractivity contribution in [2.75, 3.05) is 6.61 Å². The SMILES string of the molecule is CC(C)OC(CO)c1cccs1. The molecule has 0 aliphatic heterocycles. The Bertz CT molecular complexity index is 206. The Morgan fingerprint density at radius 2 is 2.33 bits per heavy atom. The molecule has 0 aromatic carbocycles. The van der Waals surface area contributed by atoms with E-state index in [-0.39, 0.29) is 18.8 Å². The van der Waals surface area contributed by atoms with E-state index in [1.165, 1.54) is 0 Å². The zero-order valence-electron chi connectivity index (χ0n) is 7.36. The molecule has 0 spiro atoms. The zero-order chi connectivity index (χ0) is 8.97. The number of ether oxygens (including phenoxy) is 1. The van der Waals surface area contributed by atoms with Crippen molar-refractivity contribution in [1.29, 1.82) is 0 Å². The standard InChI is InChI=1S/C9H14O2S/c1-7(2)11-8(6-10)9-4-3-5-12-9/h3-5,7-8,10H,6H2,1-2H3. The lowest BCUT2D eigenvalue weighted by molar-refractivity contribution is -0.0228. The molecule has 0 amide bonds. The van der Waals surface area contributed by atoms with Crippen LogP contribution in [0.5, 0.6) is 0 Å². The fourth-order valence-corrected chi connectivity index (χ4v) is 1.76. The minimum atomic E-state index is -0.148. The van der Waals surface area contributed by atoms with Gasteiger partial charge in [-0.3, -0.25) is 0 Å². The summed E-state index contributed by atoms with van der Waals surface area (Å²) in [5.41, 5.74) is 0. The molecular weight excluding hydrogens is 172 g/mol. The average Bonchev–Trinajstić information content (AvgIpc) is 2.51. The Morgan fingerprint density at radius 3 is 2.75 bits per heavy atom. The van der Waals surface area contributed by atoms with Gasteiger partial charge in [0.05, 0.1) is 12.7 Å². The molecule has 1 N–H and O–H groups in total. The van der Waals surface area contributed by atoms with Gasteiger partial charge in [0.15, 0.2) is 0 Å². The van der Waals surface area contributed by atoms with Crippen LogP contribution in [-0.4, -0.2) is 17.8 Å². The smallest absolute Gasteiger partial charge is 0.115 e. The number of rotatable bonds is 4. The van der Waals surface area contributed by atoms with E-state index < -0.39 is 0 Å². The van der Waals surface area contributed by atoms with E-state index in [9.17, 15) is 0 Å². The van der Waals surface area contributed by atoms with Crippen LogP contribution in [0.15, 0.2) is 17.5 Å². The van der Waals surface area contributed by atoms with Crippen LogP contribution in [0.25, 0.3) is 0 Å². The van der Waals surface area contributed by atoms with Gasteiger partial charge in [-0.2, -0.15) is 0 Å². The van der Waals surface area contributed by atoms with Gasteiger partial charge in [0.2, 0.25) is 0 Å². The summed E-state index contributed by atoms with van der Waals surface area (Å²) in [7, 11) is 0. The molecule has 0 bridgehead atoms. The lowest BCUT2D eigenvalue weighted by Crippen LogP contribution is -2.12. The second-order valence-electron chi connectivity index (χ2n) is 2.87. The molecule has 0 saturated carbocycles. The van der Waals surface area contributed by atoms with Gasteiger partial charge >= 0.3 is 0 Å². The van der Waals surface area contributed by atoms with Crippen LogP contribution in [0.3, 0.4) is 0 Å². The average molecular weight is 186 g/mol. The third kappa shape index (κ3) is 2.59. The second kappa shape index (κ2) is 4.60. The van der Waals surface area contributed by atoms with Gasteiger partial charge in [0.25, 0.3) is 0 Å². The maximum absolute atomic E-state index is 9.03. The largest absolute Gasteiger partial charge is 0.393 e. The van der Waals surface area contributed by atoms with Crippen LogP contribution >= 0.6 is 11.3 Å². The zero-order valence-corrected chi connectivity index (χ0v) is 8.17. The summed E-state index contributed by atoms with van der Waals surface area (Å²) < 4.78 is 5.50. The molecule has 0 saturated heterocycles. The number of hydrogen-bond acceptors (Lipinski definition) is 3. The van der Waals surface area contributed by atoms with E-state index in [0.717, 1.165) is 4.88 Å². The van der Waals surface area contributed by atoms with Crippen LogP contribution < -0.4 is 0 Å². The van der Waals surface area contributed by atoms with Crippen molar-refractivity contribution < 1.29 is 9.84 Å². The van der Waals surface area contributed by atoms with Crippen molar-refractivity contribution >= 4 is 11.3 Å². The second-order valence-corrected chi connectivity index (χ2v) is 3.85. The number of thiophene rings is 1. The summed E-state index contributed by atoms with van der Waals surface area (Å²) >= 11 is 1.61. The van der Waals surface area contributed by atoms with Crippen LogP contribution in [0.2, 0.25) is 0 Å². The number of aliphatic hydroxyl groups excluding tert-OH is 1. The molecule has 1 unspecified atom stereocenters. The van der Waals surface area contributed by atoms with Crippen LogP contribution in [0, 0.1) is 0 Å². The van der Waals surface area contributed by atoms with Crippen molar-refractivity contribution in [3.05, 3.63) is 22.4 Å². The lowest BCUT2D eigenvalue weighted by Gasteiger charge is -2.16. The summed E-state index contributed by atoms with van der Waals surface area (Å²) in [6.45, 7) is 3.99. The third-order valence-corrected chi connectivity index (χ3v) is 2.43. The highest BCUT2D eigenvalue weighted by Gasteiger charge is 2.12. The van der Waals surface area contributed by atoms with Crippen molar-refractivity contribution in [1.82, 2.24) is 0 Å². The van der Waals surface area contributed by atoms with E-state index >= 15 is 0 Å². The fraction of sp³-hybridized carbons (Fsp3) is 0.556. The molecule has 2 nitrogen and oxygen atoms in total. The Kier molecular flexibility index (Phi) is 3.72. The Balaban J connectivity index is 2.57. The van der Waals surface area contributed by atoms with E-state index in [4.69, 9.17) is 9.84 Å². The van der Waals surface area contributed by atoms with Crippen LogP contribution in [0.4, 0.5) is 0 Å². The first-order chi connectivity index (χ1) is 5.74. The molecule has 0 aliphatic rings. The summed E-state index contributed by atoms with van der Waals surface area (Å²) in [4.78, 5) is 1.09. The van der Waals surface area contributed by atoms with E-state index in [2.05, 4.69) is 0 Å². The first-order valence-electron chi connectivity index (χ1n) is 4.03. The summed E-state index contributed by atoms with van der Waals surface area (Å²) in [6, 6.07) is 3.94. The van der Waals surface area contributed by atoms with Crippen molar-refractivity contribution in [3.63, 3.8) is 0 Å². The first-order valence-corrected chi connectivity index (χ1v) is 4.91. The molecule has 0 radical (unpaired) electrons. The molecule has 0 fully saturated rings. The van der Waals surface area contributed by atoms with Crippen LogP contribution in [0.1, 0.15) is 24.8 Å². The third-order valence-electron chi connectivity index (χ3n) is 1.46. The van der Waals surface area contributed by atoms with Gasteiger partial charge in [-0.25, -0.2) is 0 Å². The minimum Gasteiger partial charge on any atom is -0.393 e. The van der Waals surface area contributed by atoms with Gasteiger partial charge in [0, 0.05) is 4.88 Å². The number of aliphatic hydroxyl groups is 1. The Labute approximate surface area is 76.8 Å². The molecule has 1 aromatic rings. The maximum atomic E-state index is 9.03. The molecule has 1 aromatic heterocycles. The van der Waals surface area contributed by atoms with E-state index in [1.807, 2.05) is 31.4 Å². The lowest BCUT2D eigenvalue weighted by atomic mass is 10.3. The van der Waals surface area contributed by atoms with Gasteiger partial charge in [-0.1, -0.05) is 6.07 Å². The van der Waals surface area contributed by atoms with Gasteiger partial charge < -0.3 is 9.84 Å². The highest BCUT2D eigenvalue weighted by Crippen LogP contribution is 2.22. The van der Waals surface area contributed by atoms with Crippen molar-refractivity contribution in [2.24, 2.45) is 0 Å². The maximum Gasteiger partial charge on any atom is 0.115 e. The number of hydrogen-bond donors (Lipinski definition) is 1. The topological polar surface area (TPSA) is 29.5 Å². The van der Waals surface area contributed by atoms with Gasteiger partial charge in [-0.15, -0.1) is 11.3 Å². The van der Waals surface area contributed by atoms with Gasteiger partial charge in [-0.05, 0) is 25.3 Å². The molecule has 0 aliphatic carbocycles. The van der Waals surface area contributed by atoms with Crippen molar-refractivity contribution in [2.45, 2.75) is 26.1 Å². The van der Waals surface area contributed by atoms with Gasteiger partial charge in [0.1, 0.15) is 6.10 Å². The molecule has 3 heteroatoms. The fourth-order valence-electron chi connectivity index (χ4n) is 1.00. The summed E-state index contributed by atoms with van der Waals surface area (Å²) in [5, 5.41) is 11.0. The predicted octanol–water partition coefficient (Wildman–Crippen LogP) is 2.21. The molecular formula is C9H14O2S. The van der Waals surface area contributed by atoms with Crippen molar-refractivity contribution in [3.8, 4) is 0 Å². The summed E-state index contributed by atoms with van der Waals surface area (Å²) in [5.74, 6) is 0. The monoisotopic (exact) mass is 186 g/mol. The molecule has 1 heterocycles. The highest BCUT2D eigenvalue weighted by atomic mass is 32.1. The normalized spacial score (nSPS) is 13.7. The Hall–Kier alpha value is -0.380. The molecule has 1 rings (SSSR count). The van der Waals surface area contributed by atoms with E-state index in [1.54, 1.807) is 11.3 Å². The Morgan fingerprint density at radius 1 is 1.58 bits per heavy atom. The quantitative estimate of drug-likeness (QED) is 0.781. The van der Waals surface area contributed by atoms with Crippen LogP contribution in [-0.2, 0) is 4.74 Å². The predicted molar refractivity (Wildman–Crippen MR) is 50.4 cm³/mol. The molecule has 1 atom stereocenters. The highest BCUT2D eigenvalue weighted by molar-refractivity contribution is 7.10. The molecule has 12 heavy (non-hydrogen) atoms. The minimum absolute atomic E-state index is 0.0543. The summed E-state index contributed by atoms with van der Waals surface area (Å²) in [6.07, 6.45) is 0.00856.